The van der Waals surface area contributed by atoms with Crippen LogP contribution in [0.4, 0.5) is 13.2 Å². The lowest BCUT2D eigenvalue weighted by Crippen LogP contribution is -2.15. The molecule has 0 radical (unpaired) electrons. The maximum atomic E-state index is 13.5. The van der Waals surface area contributed by atoms with Gasteiger partial charge in [0.15, 0.2) is 0 Å². The molecule has 1 atom stereocenters. The van der Waals surface area contributed by atoms with E-state index in [2.05, 4.69) is 0 Å². The van der Waals surface area contributed by atoms with Crippen molar-refractivity contribution in [2.75, 3.05) is 0 Å². The fourth-order valence-electron chi connectivity index (χ4n) is 1.83. The molecule has 4 heteroatoms. The van der Waals surface area contributed by atoms with E-state index in [1.165, 1.54) is 18.2 Å². The molecule has 1 unspecified atom stereocenters. The van der Waals surface area contributed by atoms with Crippen molar-refractivity contribution >= 4 is 0 Å². The van der Waals surface area contributed by atoms with E-state index >= 15 is 0 Å². The quantitative estimate of drug-likeness (QED) is 0.889. The lowest BCUT2D eigenvalue weighted by Gasteiger charge is -2.13. The van der Waals surface area contributed by atoms with Gasteiger partial charge in [-0.2, -0.15) is 0 Å². The van der Waals surface area contributed by atoms with Crippen LogP contribution in [-0.4, -0.2) is 0 Å². The van der Waals surface area contributed by atoms with Crippen molar-refractivity contribution in [3.05, 3.63) is 71.0 Å². The Labute approximate surface area is 103 Å². The van der Waals surface area contributed by atoms with Gasteiger partial charge in [0.25, 0.3) is 0 Å². The van der Waals surface area contributed by atoms with Gasteiger partial charge >= 0.3 is 0 Å². The molecule has 2 rings (SSSR count). The Bertz CT molecular complexity index is 554. The van der Waals surface area contributed by atoms with E-state index in [0.717, 1.165) is 12.1 Å². The van der Waals surface area contributed by atoms with Crippen molar-refractivity contribution in [2.45, 2.75) is 12.5 Å². The van der Waals surface area contributed by atoms with Gasteiger partial charge in [0.2, 0.25) is 0 Å². The molecule has 2 N–H and O–H groups in total. The van der Waals surface area contributed by atoms with Crippen LogP contribution in [0.3, 0.4) is 0 Å². The number of nitrogens with two attached hydrogens (primary N) is 1. The molecule has 0 aliphatic rings. The number of hydrogen-bond acceptors (Lipinski definition) is 1. The molecular formula is C14H12F3N. The highest BCUT2D eigenvalue weighted by molar-refractivity contribution is 5.25. The van der Waals surface area contributed by atoms with E-state index in [1.807, 2.05) is 0 Å². The Morgan fingerprint density at radius 3 is 2.33 bits per heavy atom. The molecule has 0 amide bonds. The molecule has 94 valence electrons. The summed E-state index contributed by atoms with van der Waals surface area (Å²) in [6, 6.07) is 8.59. The summed E-state index contributed by atoms with van der Waals surface area (Å²) in [5, 5.41) is 0. The summed E-state index contributed by atoms with van der Waals surface area (Å²) in [4.78, 5) is 0. The third kappa shape index (κ3) is 2.90. The van der Waals surface area contributed by atoms with Crippen molar-refractivity contribution in [1.82, 2.24) is 0 Å². The normalized spacial score (nSPS) is 12.4. The largest absolute Gasteiger partial charge is 0.324 e. The first kappa shape index (κ1) is 12.6. The Morgan fingerprint density at radius 2 is 1.67 bits per heavy atom. The monoisotopic (exact) mass is 251 g/mol. The fourth-order valence-corrected chi connectivity index (χ4v) is 1.83. The molecule has 0 aliphatic heterocycles. The van der Waals surface area contributed by atoms with Crippen molar-refractivity contribution in [3.63, 3.8) is 0 Å². The minimum Gasteiger partial charge on any atom is -0.324 e. The smallest absolute Gasteiger partial charge is 0.130 e. The molecule has 2 aromatic rings. The van der Waals surface area contributed by atoms with Gasteiger partial charge in [0, 0.05) is 17.7 Å². The van der Waals surface area contributed by atoms with E-state index in [0.29, 0.717) is 12.0 Å². The zero-order valence-corrected chi connectivity index (χ0v) is 9.54. The van der Waals surface area contributed by atoms with Gasteiger partial charge in [-0.15, -0.1) is 0 Å². The highest BCUT2D eigenvalue weighted by atomic mass is 19.1. The zero-order chi connectivity index (χ0) is 13.1. The molecule has 1 nitrogen and oxygen atoms in total. The maximum Gasteiger partial charge on any atom is 0.130 e. The van der Waals surface area contributed by atoms with Gasteiger partial charge in [-0.05, 0) is 30.2 Å². The summed E-state index contributed by atoms with van der Waals surface area (Å²) >= 11 is 0. The van der Waals surface area contributed by atoms with Crippen molar-refractivity contribution in [1.29, 1.82) is 0 Å². The second-order valence-electron chi connectivity index (χ2n) is 4.11. The molecule has 0 bridgehead atoms. The zero-order valence-electron chi connectivity index (χ0n) is 9.54. The van der Waals surface area contributed by atoms with E-state index in [4.69, 9.17) is 5.73 Å². The van der Waals surface area contributed by atoms with Crippen LogP contribution in [0.2, 0.25) is 0 Å². The minimum atomic E-state index is -0.682. The van der Waals surface area contributed by atoms with E-state index in [-0.39, 0.29) is 11.4 Å². The molecule has 0 fully saturated rings. The van der Waals surface area contributed by atoms with Crippen LogP contribution in [0.5, 0.6) is 0 Å². The topological polar surface area (TPSA) is 26.0 Å². The molecule has 0 aliphatic carbocycles. The molecule has 0 aromatic heterocycles. The lowest BCUT2D eigenvalue weighted by atomic mass is 9.99. The number of hydrogen-bond donors (Lipinski definition) is 1. The van der Waals surface area contributed by atoms with Gasteiger partial charge in [-0.1, -0.05) is 18.2 Å². The SMILES string of the molecule is NC(Cc1cccc(F)c1)c1ccc(F)cc1F. The third-order valence-electron chi connectivity index (χ3n) is 2.71. The maximum absolute atomic E-state index is 13.5. The predicted molar refractivity (Wildman–Crippen MR) is 63.4 cm³/mol. The van der Waals surface area contributed by atoms with Gasteiger partial charge in [-0.25, -0.2) is 13.2 Å². The van der Waals surface area contributed by atoms with Crippen LogP contribution in [0.1, 0.15) is 17.2 Å². The Hall–Kier alpha value is -1.81. The molecule has 2 aromatic carbocycles. The van der Waals surface area contributed by atoms with Crippen LogP contribution >= 0.6 is 0 Å². The predicted octanol–water partition coefficient (Wildman–Crippen LogP) is 3.35. The standard InChI is InChI=1S/C14H12F3N/c15-10-3-1-2-9(6-10)7-14(18)12-5-4-11(16)8-13(12)17/h1-6,8,14H,7,18H2. The Morgan fingerprint density at radius 1 is 0.944 bits per heavy atom. The summed E-state index contributed by atoms with van der Waals surface area (Å²) in [6.07, 6.45) is 0.292. The molecule has 18 heavy (non-hydrogen) atoms. The second kappa shape index (κ2) is 5.23. The van der Waals surface area contributed by atoms with E-state index in [1.54, 1.807) is 12.1 Å². The van der Waals surface area contributed by atoms with Crippen molar-refractivity contribution < 1.29 is 13.2 Å². The van der Waals surface area contributed by atoms with Gasteiger partial charge in [-0.3, -0.25) is 0 Å². The van der Waals surface area contributed by atoms with E-state index < -0.39 is 17.7 Å². The summed E-state index contributed by atoms with van der Waals surface area (Å²) in [6.45, 7) is 0. The summed E-state index contributed by atoms with van der Waals surface area (Å²) in [7, 11) is 0. The third-order valence-corrected chi connectivity index (χ3v) is 2.71. The highest BCUT2D eigenvalue weighted by Crippen LogP contribution is 2.20. The average Bonchev–Trinajstić information content (AvgIpc) is 2.28. The van der Waals surface area contributed by atoms with E-state index in [9.17, 15) is 13.2 Å². The Balaban J connectivity index is 2.19. The fraction of sp³-hybridized carbons (Fsp3) is 0.143. The van der Waals surface area contributed by atoms with Crippen molar-refractivity contribution in [3.8, 4) is 0 Å². The first-order chi connectivity index (χ1) is 8.56. The summed E-state index contributed by atoms with van der Waals surface area (Å²) in [5.74, 6) is -1.69. The summed E-state index contributed by atoms with van der Waals surface area (Å²) in [5.41, 5.74) is 6.74. The second-order valence-corrected chi connectivity index (χ2v) is 4.11. The number of rotatable bonds is 3. The van der Waals surface area contributed by atoms with Crippen LogP contribution < -0.4 is 5.73 Å². The number of halogens is 3. The van der Waals surface area contributed by atoms with Crippen molar-refractivity contribution in [2.24, 2.45) is 5.73 Å². The number of benzene rings is 2. The lowest BCUT2D eigenvalue weighted by molar-refractivity contribution is 0.553. The highest BCUT2D eigenvalue weighted by Gasteiger charge is 2.13. The first-order valence-corrected chi connectivity index (χ1v) is 5.51. The minimum absolute atomic E-state index is 0.223. The van der Waals surface area contributed by atoms with Crippen LogP contribution in [0.15, 0.2) is 42.5 Å². The average molecular weight is 251 g/mol. The summed E-state index contributed by atoms with van der Waals surface area (Å²) < 4.78 is 39.2. The van der Waals surface area contributed by atoms with Gasteiger partial charge in [0.05, 0.1) is 0 Å². The van der Waals surface area contributed by atoms with Gasteiger partial charge in [0.1, 0.15) is 17.5 Å². The molecule has 0 spiro atoms. The van der Waals surface area contributed by atoms with Crippen LogP contribution in [0, 0.1) is 17.5 Å². The van der Waals surface area contributed by atoms with Crippen LogP contribution in [-0.2, 0) is 6.42 Å². The van der Waals surface area contributed by atoms with Gasteiger partial charge < -0.3 is 5.73 Å². The molecule has 0 saturated carbocycles. The first-order valence-electron chi connectivity index (χ1n) is 5.51. The molecule has 0 heterocycles. The van der Waals surface area contributed by atoms with Crippen LogP contribution in [0.25, 0.3) is 0 Å². The molecular weight excluding hydrogens is 239 g/mol. The Kier molecular flexibility index (Phi) is 3.67. The molecule has 0 saturated heterocycles.